The fourth-order valence-electron chi connectivity index (χ4n) is 4.62. The molecule has 2 fully saturated rings. The fraction of sp³-hybridized carbons (Fsp3) is 0.346. The summed E-state index contributed by atoms with van der Waals surface area (Å²) in [5.74, 6) is 1.12. The number of amides is 1. The van der Waals surface area contributed by atoms with Gasteiger partial charge < -0.3 is 19.6 Å². The average molecular weight is 578 g/mol. The van der Waals surface area contributed by atoms with Gasteiger partial charge in [-0.15, -0.1) is 0 Å². The number of halogens is 3. The average Bonchev–Trinajstić information content (AvgIpc) is 2.92. The van der Waals surface area contributed by atoms with Crippen molar-refractivity contribution < 1.29 is 4.79 Å². The molecule has 3 heterocycles. The van der Waals surface area contributed by atoms with Gasteiger partial charge in [0.15, 0.2) is 5.16 Å². The lowest BCUT2D eigenvalue weighted by molar-refractivity contribution is -0.128. The smallest absolute Gasteiger partial charge is 0.233 e. The first-order chi connectivity index (χ1) is 18.0. The minimum atomic E-state index is 0.0716. The Kier molecular flexibility index (Phi) is 8.49. The summed E-state index contributed by atoms with van der Waals surface area (Å²) in [6.07, 6.45) is 0. The number of nitrogens with zero attached hydrogens (tertiary/aromatic N) is 6. The van der Waals surface area contributed by atoms with E-state index in [0.29, 0.717) is 23.4 Å². The van der Waals surface area contributed by atoms with Crippen molar-refractivity contribution in [1.82, 2.24) is 14.9 Å². The molecule has 1 aromatic heterocycles. The van der Waals surface area contributed by atoms with E-state index in [-0.39, 0.29) is 11.7 Å². The second-order valence-electron chi connectivity index (χ2n) is 8.86. The van der Waals surface area contributed by atoms with Crippen LogP contribution in [0.1, 0.15) is 0 Å². The van der Waals surface area contributed by atoms with E-state index in [1.54, 1.807) is 6.07 Å². The zero-order valence-corrected chi connectivity index (χ0v) is 23.3. The number of carbonyl (C=O) groups excluding carboxylic acids is 1. The Morgan fingerprint density at radius 3 is 1.81 bits per heavy atom. The molecule has 2 aliphatic heterocycles. The maximum absolute atomic E-state index is 12.9. The lowest BCUT2D eigenvalue weighted by Gasteiger charge is -2.37. The Bertz CT molecular complexity index is 1250. The van der Waals surface area contributed by atoms with Crippen molar-refractivity contribution in [3.8, 4) is 0 Å². The molecule has 0 spiro atoms. The highest BCUT2D eigenvalue weighted by molar-refractivity contribution is 7.99. The van der Waals surface area contributed by atoms with Gasteiger partial charge in [-0.05, 0) is 24.3 Å². The van der Waals surface area contributed by atoms with E-state index in [1.165, 1.54) is 11.8 Å². The summed E-state index contributed by atoms with van der Waals surface area (Å²) < 4.78 is 0. The minimum absolute atomic E-state index is 0.0716. The molecule has 2 aliphatic rings. The van der Waals surface area contributed by atoms with Gasteiger partial charge in [-0.1, -0.05) is 70.8 Å². The maximum Gasteiger partial charge on any atom is 0.233 e. The molecule has 0 N–H and O–H groups in total. The number of rotatable bonds is 6. The van der Waals surface area contributed by atoms with E-state index < -0.39 is 0 Å². The predicted molar refractivity (Wildman–Crippen MR) is 154 cm³/mol. The number of carbonyl (C=O) groups is 1. The molecular weight excluding hydrogens is 551 g/mol. The van der Waals surface area contributed by atoms with Gasteiger partial charge in [-0.25, -0.2) is 9.97 Å². The van der Waals surface area contributed by atoms with Crippen LogP contribution < -0.4 is 14.7 Å². The predicted octanol–water partition coefficient (Wildman–Crippen LogP) is 5.20. The SMILES string of the molecule is O=C(CSc1nc(Cl)cc(N2CCN(c3ccccc3Cl)CC2)n1)N1CCN(c2ccccc2Cl)CC1. The summed E-state index contributed by atoms with van der Waals surface area (Å²) in [6, 6.07) is 17.5. The minimum Gasteiger partial charge on any atom is -0.367 e. The van der Waals surface area contributed by atoms with E-state index in [4.69, 9.17) is 39.8 Å². The Morgan fingerprint density at radius 1 is 0.730 bits per heavy atom. The first-order valence-electron chi connectivity index (χ1n) is 12.2. The van der Waals surface area contributed by atoms with Crippen molar-refractivity contribution >= 4 is 69.7 Å². The van der Waals surface area contributed by atoms with Gasteiger partial charge in [0.05, 0.1) is 27.2 Å². The monoisotopic (exact) mass is 576 g/mol. The maximum atomic E-state index is 12.9. The van der Waals surface area contributed by atoms with Gasteiger partial charge in [0.25, 0.3) is 0 Å². The molecule has 5 rings (SSSR count). The summed E-state index contributed by atoms with van der Waals surface area (Å²) in [7, 11) is 0. The highest BCUT2D eigenvalue weighted by Crippen LogP contribution is 2.29. The lowest BCUT2D eigenvalue weighted by Crippen LogP contribution is -2.49. The van der Waals surface area contributed by atoms with Gasteiger partial charge in [-0.3, -0.25) is 4.79 Å². The Balaban J connectivity index is 1.14. The molecule has 0 radical (unpaired) electrons. The van der Waals surface area contributed by atoms with Crippen LogP contribution in [0.3, 0.4) is 0 Å². The largest absolute Gasteiger partial charge is 0.367 e. The van der Waals surface area contributed by atoms with Crippen LogP contribution in [0.25, 0.3) is 0 Å². The fourth-order valence-corrected chi connectivity index (χ4v) is 6.11. The first kappa shape index (κ1) is 26.2. The number of benzene rings is 2. The van der Waals surface area contributed by atoms with Crippen molar-refractivity contribution in [3.63, 3.8) is 0 Å². The Morgan fingerprint density at radius 2 is 1.24 bits per heavy atom. The lowest BCUT2D eigenvalue weighted by atomic mass is 10.2. The normalized spacial score (nSPS) is 16.3. The zero-order valence-electron chi connectivity index (χ0n) is 20.2. The molecule has 37 heavy (non-hydrogen) atoms. The summed E-state index contributed by atoms with van der Waals surface area (Å²) in [6.45, 7) is 6.04. The van der Waals surface area contributed by atoms with E-state index in [0.717, 1.165) is 66.5 Å². The summed E-state index contributed by atoms with van der Waals surface area (Å²) in [5.41, 5.74) is 2.06. The molecule has 0 bridgehead atoms. The molecular formula is C26H27Cl3N6OS. The second-order valence-corrected chi connectivity index (χ2v) is 11.0. The van der Waals surface area contributed by atoms with E-state index in [2.05, 4.69) is 19.7 Å². The Hall–Kier alpha value is -2.39. The number of para-hydroxylation sites is 2. The molecule has 0 saturated carbocycles. The van der Waals surface area contributed by atoms with Crippen LogP contribution in [0.15, 0.2) is 59.8 Å². The van der Waals surface area contributed by atoms with Gasteiger partial charge in [0.2, 0.25) is 5.91 Å². The third kappa shape index (κ3) is 6.37. The molecule has 0 unspecified atom stereocenters. The van der Waals surface area contributed by atoms with Crippen LogP contribution in [0, 0.1) is 0 Å². The van der Waals surface area contributed by atoms with E-state index in [1.807, 2.05) is 53.4 Å². The van der Waals surface area contributed by atoms with Gasteiger partial charge in [-0.2, -0.15) is 0 Å². The van der Waals surface area contributed by atoms with E-state index in [9.17, 15) is 4.79 Å². The van der Waals surface area contributed by atoms with Crippen LogP contribution in [-0.2, 0) is 4.79 Å². The summed E-state index contributed by atoms with van der Waals surface area (Å²) >= 11 is 20.4. The van der Waals surface area contributed by atoms with Crippen molar-refractivity contribution in [1.29, 1.82) is 0 Å². The highest BCUT2D eigenvalue weighted by atomic mass is 35.5. The van der Waals surface area contributed by atoms with Crippen molar-refractivity contribution in [3.05, 3.63) is 69.8 Å². The molecule has 11 heteroatoms. The van der Waals surface area contributed by atoms with Crippen LogP contribution in [-0.4, -0.2) is 78.9 Å². The number of anilines is 3. The van der Waals surface area contributed by atoms with E-state index >= 15 is 0 Å². The van der Waals surface area contributed by atoms with Crippen molar-refractivity contribution in [2.24, 2.45) is 0 Å². The van der Waals surface area contributed by atoms with Crippen molar-refractivity contribution in [2.45, 2.75) is 5.16 Å². The number of aromatic nitrogens is 2. The number of thioether (sulfide) groups is 1. The number of hydrogen-bond donors (Lipinski definition) is 0. The van der Waals surface area contributed by atoms with Gasteiger partial charge >= 0.3 is 0 Å². The molecule has 3 aromatic rings. The van der Waals surface area contributed by atoms with Gasteiger partial charge in [0.1, 0.15) is 11.0 Å². The van der Waals surface area contributed by atoms with Crippen LogP contribution in [0.4, 0.5) is 17.2 Å². The molecule has 0 atom stereocenters. The van der Waals surface area contributed by atoms with Crippen LogP contribution >= 0.6 is 46.6 Å². The number of piperazine rings is 2. The summed E-state index contributed by atoms with van der Waals surface area (Å²) in [4.78, 5) is 30.5. The van der Waals surface area contributed by atoms with Crippen LogP contribution in [0.2, 0.25) is 15.2 Å². The standard InChI is InChI=1S/C26H27Cl3N6OS/c27-19-5-1-3-7-21(19)32-9-13-34(14-10-32)24-17-23(29)30-26(31-24)37-18-25(36)35-15-11-33(12-16-35)22-8-4-2-6-20(22)28/h1-8,17H,9-16,18H2. The quantitative estimate of drug-likeness (QED) is 0.227. The number of hydrogen-bond acceptors (Lipinski definition) is 7. The summed E-state index contributed by atoms with van der Waals surface area (Å²) in [5, 5.41) is 2.38. The van der Waals surface area contributed by atoms with Gasteiger partial charge in [0, 0.05) is 58.4 Å². The molecule has 194 valence electrons. The molecule has 7 nitrogen and oxygen atoms in total. The Labute approximate surface area is 236 Å². The molecule has 2 aromatic carbocycles. The van der Waals surface area contributed by atoms with Crippen molar-refractivity contribution in [2.75, 3.05) is 72.8 Å². The molecule has 0 aliphatic carbocycles. The third-order valence-electron chi connectivity index (χ3n) is 6.61. The van der Waals surface area contributed by atoms with Crippen LogP contribution in [0.5, 0.6) is 0 Å². The second kappa shape index (κ2) is 12.0. The molecule has 2 saturated heterocycles. The highest BCUT2D eigenvalue weighted by Gasteiger charge is 2.24. The first-order valence-corrected chi connectivity index (χ1v) is 14.3. The topological polar surface area (TPSA) is 55.8 Å². The third-order valence-corrected chi connectivity index (χ3v) is 8.27. The molecule has 1 amide bonds. The zero-order chi connectivity index (χ0) is 25.8.